The number of benzene rings is 1. The lowest BCUT2D eigenvalue weighted by Crippen LogP contribution is -2.54. The summed E-state index contributed by atoms with van der Waals surface area (Å²) in [5.41, 5.74) is 13.7. The summed E-state index contributed by atoms with van der Waals surface area (Å²) in [6.45, 7) is 2.02. The van der Waals surface area contributed by atoms with Crippen molar-refractivity contribution in [1.29, 1.82) is 0 Å². The minimum absolute atomic E-state index is 0.152. The molecule has 5 N–H and O–H groups in total. The molecule has 1 aromatic rings. The van der Waals surface area contributed by atoms with Gasteiger partial charge in [0.2, 0.25) is 5.84 Å². The third-order valence-electron chi connectivity index (χ3n) is 3.12. The highest BCUT2D eigenvalue weighted by Crippen LogP contribution is 2.16. The van der Waals surface area contributed by atoms with E-state index in [4.69, 9.17) is 11.5 Å². The van der Waals surface area contributed by atoms with E-state index in [1.165, 1.54) is 11.8 Å². The Morgan fingerprint density at radius 2 is 2.25 bits per heavy atom. The molecular formula is C13H17N5O2. The molecule has 1 aliphatic heterocycles. The number of aryl methyl sites for hydroxylation is 2. The molecule has 0 saturated heterocycles. The normalized spacial score (nSPS) is 21.7. The van der Waals surface area contributed by atoms with E-state index in [1.807, 2.05) is 25.1 Å². The molecule has 0 aromatic heterocycles. The summed E-state index contributed by atoms with van der Waals surface area (Å²) in [5.74, 6) is -1.26. The van der Waals surface area contributed by atoms with Crippen LogP contribution in [0.25, 0.3) is 0 Å². The van der Waals surface area contributed by atoms with Gasteiger partial charge in [-0.2, -0.15) is 0 Å². The van der Waals surface area contributed by atoms with Crippen LogP contribution in [0.1, 0.15) is 17.5 Å². The maximum Gasteiger partial charge on any atom is 0.326 e. The molecule has 0 fully saturated rings. The number of hydrogen-bond donors (Lipinski definition) is 3. The third kappa shape index (κ3) is 3.12. The standard InChI is InChI=1S/C13H17N5O2/c1-9-3-2-4-10(7-9)5-6-13(15)16-8-11(18(19)20)12(14)17-13/h2-4,7-8,16H,5-6,15H2,1H3,(H2,14,17). The van der Waals surface area contributed by atoms with Gasteiger partial charge in [-0.25, -0.2) is 4.99 Å². The Morgan fingerprint density at radius 3 is 2.85 bits per heavy atom. The lowest BCUT2D eigenvalue weighted by molar-refractivity contribution is -0.416. The van der Waals surface area contributed by atoms with Crippen molar-refractivity contribution in [3.63, 3.8) is 0 Å². The lowest BCUT2D eigenvalue weighted by Gasteiger charge is -2.28. The number of aliphatic imine (C=N–C) groups is 1. The van der Waals surface area contributed by atoms with Gasteiger partial charge in [-0.3, -0.25) is 15.8 Å². The zero-order valence-corrected chi connectivity index (χ0v) is 11.2. The number of nitro groups is 1. The monoisotopic (exact) mass is 275 g/mol. The first-order valence-electron chi connectivity index (χ1n) is 6.22. The van der Waals surface area contributed by atoms with E-state index in [1.54, 1.807) is 0 Å². The summed E-state index contributed by atoms with van der Waals surface area (Å²) in [5, 5.41) is 13.4. The molecule has 0 saturated carbocycles. The molecule has 2 rings (SSSR count). The minimum Gasteiger partial charge on any atom is -0.378 e. The molecule has 106 valence electrons. The van der Waals surface area contributed by atoms with Crippen LogP contribution in [0.4, 0.5) is 0 Å². The summed E-state index contributed by atoms with van der Waals surface area (Å²) in [6.07, 6.45) is 2.39. The fraction of sp³-hybridized carbons (Fsp3) is 0.308. The Hall–Kier alpha value is -2.41. The highest BCUT2D eigenvalue weighted by Gasteiger charge is 2.31. The lowest BCUT2D eigenvalue weighted by atomic mass is 10.0. The van der Waals surface area contributed by atoms with Gasteiger partial charge in [0.25, 0.3) is 0 Å². The maximum atomic E-state index is 10.7. The van der Waals surface area contributed by atoms with Crippen molar-refractivity contribution in [2.45, 2.75) is 25.6 Å². The van der Waals surface area contributed by atoms with E-state index in [0.29, 0.717) is 12.8 Å². The van der Waals surface area contributed by atoms with Crippen molar-refractivity contribution in [2.75, 3.05) is 0 Å². The Bertz CT molecular complexity index is 596. The summed E-state index contributed by atoms with van der Waals surface area (Å²) in [7, 11) is 0. The fourth-order valence-electron chi connectivity index (χ4n) is 2.05. The average molecular weight is 275 g/mol. The van der Waals surface area contributed by atoms with Gasteiger partial charge in [-0.05, 0) is 18.9 Å². The second kappa shape index (κ2) is 5.30. The van der Waals surface area contributed by atoms with Crippen LogP contribution < -0.4 is 16.8 Å². The zero-order valence-electron chi connectivity index (χ0n) is 11.2. The van der Waals surface area contributed by atoms with E-state index >= 15 is 0 Å². The van der Waals surface area contributed by atoms with Crippen LogP contribution in [0.15, 0.2) is 41.2 Å². The molecule has 1 aromatic carbocycles. The van der Waals surface area contributed by atoms with Crippen molar-refractivity contribution in [3.8, 4) is 0 Å². The predicted molar refractivity (Wildman–Crippen MR) is 76.3 cm³/mol. The Kier molecular flexibility index (Phi) is 3.71. The SMILES string of the molecule is Cc1cccc(CCC2(N)N=C(N)C([N+](=O)[O-])=CN2)c1. The van der Waals surface area contributed by atoms with Crippen molar-refractivity contribution in [3.05, 3.63) is 57.4 Å². The van der Waals surface area contributed by atoms with Crippen LogP contribution in [0.2, 0.25) is 0 Å². The summed E-state index contributed by atoms with van der Waals surface area (Å²) >= 11 is 0. The van der Waals surface area contributed by atoms with Gasteiger partial charge in [0.1, 0.15) is 0 Å². The summed E-state index contributed by atoms with van der Waals surface area (Å²) in [6, 6.07) is 8.06. The van der Waals surface area contributed by atoms with Crippen LogP contribution in [-0.4, -0.2) is 16.5 Å². The third-order valence-corrected chi connectivity index (χ3v) is 3.12. The van der Waals surface area contributed by atoms with Crippen LogP contribution in [-0.2, 0) is 6.42 Å². The second-order valence-corrected chi connectivity index (χ2v) is 4.84. The molecule has 7 nitrogen and oxygen atoms in total. The van der Waals surface area contributed by atoms with Crippen LogP contribution >= 0.6 is 0 Å². The van der Waals surface area contributed by atoms with E-state index in [0.717, 1.165) is 5.56 Å². The summed E-state index contributed by atoms with van der Waals surface area (Å²) in [4.78, 5) is 14.1. The summed E-state index contributed by atoms with van der Waals surface area (Å²) < 4.78 is 0. The van der Waals surface area contributed by atoms with Crippen LogP contribution in [0.5, 0.6) is 0 Å². The topological polar surface area (TPSA) is 120 Å². The number of nitrogens with two attached hydrogens (primary N) is 2. The smallest absolute Gasteiger partial charge is 0.326 e. The fourth-order valence-corrected chi connectivity index (χ4v) is 2.05. The molecule has 20 heavy (non-hydrogen) atoms. The van der Waals surface area contributed by atoms with E-state index in [9.17, 15) is 10.1 Å². The number of nitrogens with one attached hydrogen (secondary N) is 1. The molecule has 0 bridgehead atoms. The van der Waals surface area contributed by atoms with Gasteiger partial charge in [0, 0.05) is 6.42 Å². The predicted octanol–water partition coefficient (Wildman–Crippen LogP) is 0.619. The minimum atomic E-state index is -1.10. The zero-order chi connectivity index (χ0) is 14.8. The molecule has 0 radical (unpaired) electrons. The van der Waals surface area contributed by atoms with Crippen molar-refractivity contribution in [1.82, 2.24) is 5.32 Å². The first-order valence-corrected chi connectivity index (χ1v) is 6.22. The van der Waals surface area contributed by atoms with Crippen molar-refractivity contribution in [2.24, 2.45) is 16.5 Å². The van der Waals surface area contributed by atoms with Crippen LogP contribution in [0, 0.1) is 17.0 Å². The molecule has 1 heterocycles. The highest BCUT2D eigenvalue weighted by molar-refractivity contribution is 5.95. The van der Waals surface area contributed by atoms with Crippen LogP contribution in [0.3, 0.4) is 0 Å². The van der Waals surface area contributed by atoms with Gasteiger partial charge in [0.15, 0.2) is 5.79 Å². The number of rotatable bonds is 4. The molecule has 7 heteroatoms. The molecule has 0 spiro atoms. The number of amidine groups is 1. The first kappa shape index (κ1) is 14.0. The maximum absolute atomic E-state index is 10.7. The molecule has 0 aliphatic carbocycles. The van der Waals surface area contributed by atoms with Crippen molar-refractivity contribution < 1.29 is 4.92 Å². The Morgan fingerprint density at radius 1 is 1.50 bits per heavy atom. The first-order chi connectivity index (χ1) is 9.39. The molecule has 1 atom stereocenters. The van der Waals surface area contributed by atoms with E-state index < -0.39 is 10.7 Å². The molecule has 1 aliphatic rings. The Labute approximate surface area is 116 Å². The van der Waals surface area contributed by atoms with Gasteiger partial charge in [-0.1, -0.05) is 29.8 Å². The van der Waals surface area contributed by atoms with Gasteiger partial charge in [-0.15, -0.1) is 0 Å². The largest absolute Gasteiger partial charge is 0.378 e. The molecular weight excluding hydrogens is 258 g/mol. The molecule has 1 unspecified atom stereocenters. The Balaban J connectivity index is 2.06. The van der Waals surface area contributed by atoms with Crippen molar-refractivity contribution >= 4 is 5.84 Å². The highest BCUT2D eigenvalue weighted by atomic mass is 16.6. The molecule has 0 amide bonds. The second-order valence-electron chi connectivity index (χ2n) is 4.84. The van der Waals surface area contributed by atoms with Gasteiger partial charge < -0.3 is 11.1 Å². The quantitative estimate of drug-likeness (QED) is 0.549. The van der Waals surface area contributed by atoms with Gasteiger partial charge in [0.05, 0.1) is 11.1 Å². The number of nitrogens with zero attached hydrogens (tertiary/aromatic N) is 2. The average Bonchev–Trinajstić information content (AvgIpc) is 2.36. The van der Waals surface area contributed by atoms with Gasteiger partial charge >= 0.3 is 5.70 Å². The number of hydrogen-bond acceptors (Lipinski definition) is 6. The van der Waals surface area contributed by atoms with E-state index in [2.05, 4.69) is 16.4 Å². The van der Waals surface area contributed by atoms with E-state index in [-0.39, 0.29) is 11.5 Å².